The maximum absolute atomic E-state index is 5.46. The van der Waals surface area contributed by atoms with Crippen LogP contribution in [0.25, 0.3) is 0 Å². The zero-order chi connectivity index (χ0) is 11.6. The van der Waals surface area contributed by atoms with E-state index in [-0.39, 0.29) is 0 Å². The van der Waals surface area contributed by atoms with E-state index in [1.54, 1.807) is 0 Å². The molecular formula is C11H21BN4. The maximum atomic E-state index is 5.46. The van der Waals surface area contributed by atoms with Crippen molar-refractivity contribution in [1.82, 2.24) is 20.3 Å². The van der Waals surface area contributed by atoms with Gasteiger partial charge in [0, 0.05) is 12.7 Å². The summed E-state index contributed by atoms with van der Waals surface area (Å²) in [4.78, 5) is 0. The van der Waals surface area contributed by atoms with E-state index in [0.29, 0.717) is 6.32 Å². The number of hydrogen-bond donors (Lipinski definition) is 1. The van der Waals surface area contributed by atoms with Crippen molar-refractivity contribution in [3.8, 4) is 0 Å². The van der Waals surface area contributed by atoms with Crippen molar-refractivity contribution < 1.29 is 0 Å². The van der Waals surface area contributed by atoms with Gasteiger partial charge in [-0.2, -0.15) is 0 Å². The van der Waals surface area contributed by atoms with Crippen LogP contribution in [0.4, 0.5) is 0 Å². The number of rotatable bonds is 9. The van der Waals surface area contributed by atoms with E-state index in [4.69, 9.17) is 7.85 Å². The molecule has 0 atom stereocenters. The average molecular weight is 220 g/mol. The summed E-state index contributed by atoms with van der Waals surface area (Å²) < 4.78 is 1.88. The van der Waals surface area contributed by atoms with Crippen LogP contribution >= 0.6 is 0 Å². The number of aromatic nitrogens is 3. The fourth-order valence-electron chi connectivity index (χ4n) is 1.65. The Morgan fingerprint density at radius 3 is 2.69 bits per heavy atom. The van der Waals surface area contributed by atoms with Gasteiger partial charge in [-0.15, -0.1) is 5.10 Å². The van der Waals surface area contributed by atoms with Crippen molar-refractivity contribution in [1.29, 1.82) is 0 Å². The predicted octanol–water partition coefficient (Wildman–Crippen LogP) is 1.12. The normalized spacial score (nSPS) is 10.8. The summed E-state index contributed by atoms with van der Waals surface area (Å²) in [5.41, 5.74) is 0.869. The SMILES string of the molecule is [B]Cc1cn(CCCCCCCNC)nn1. The Balaban J connectivity index is 1.98. The monoisotopic (exact) mass is 220 g/mol. The average Bonchev–Trinajstić information content (AvgIpc) is 2.76. The minimum Gasteiger partial charge on any atom is -0.320 e. The lowest BCUT2D eigenvalue weighted by molar-refractivity contribution is 0.515. The summed E-state index contributed by atoms with van der Waals surface area (Å²) in [5, 5.41) is 11.1. The zero-order valence-corrected chi connectivity index (χ0v) is 10.2. The number of aryl methyl sites for hydroxylation is 1. The Hall–Kier alpha value is -0.835. The first-order valence-corrected chi connectivity index (χ1v) is 6.10. The number of nitrogens with zero attached hydrogens (tertiary/aromatic N) is 3. The molecule has 0 bridgehead atoms. The second-order valence-corrected chi connectivity index (χ2v) is 4.05. The molecule has 5 heteroatoms. The van der Waals surface area contributed by atoms with E-state index >= 15 is 0 Å². The van der Waals surface area contributed by atoms with Crippen molar-refractivity contribution >= 4 is 7.85 Å². The highest BCUT2D eigenvalue weighted by atomic mass is 15.4. The first-order valence-electron chi connectivity index (χ1n) is 6.10. The topological polar surface area (TPSA) is 42.7 Å². The van der Waals surface area contributed by atoms with Crippen LogP contribution in [0.1, 0.15) is 37.8 Å². The molecule has 0 saturated heterocycles. The first kappa shape index (κ1) is 13.2. The molecule has 1 N–H and O–H groups in total. The van der Waals surface area contributed by atoms with Crippen LogP contribution in [0.3, 0.4) is 0 Å². The molecule has 0 aliphatic heterocycles. The molecule has 0 amide bonds. The molecule has 0 aromatic carbocycles. The number of hydrogen-bond acceptors (Lipinski definition) is 3. The molecule has 0 spiro atoms. The second-order valence-electron chi connectivity index (χ2n) is 4.05. The zero-order valence-electron chi connectivity index (χ0n) is 10.2. The van der Waals surface area contributed by atoms with Gasteiger partial charge in [0.25, 0.3) is 0 Å². The van der Waals surface area contributed by atoms with Crippen LogP contribution in [0.5, 0.6) is 0 Å². The van der Waals surface area contributed by atoms with Crippen molar-refractivity contribution in [3.05, 3.63) is 11.9 Å². The van der Waals surface area contributed by atoms with Gasteiger partial charge < -0.3 is 5.32 Å². The molecule has 88 valence electrons. The van der Waals surface area contributed by atoms with E-state index < -0.39 is 0 Å². The Morgan fingerprint density at radius 1 is 1.25 bits per heavy atom. The van der Waals surface area contributed by atoms with Crippen LogP contribution < -0.4 is 5.32 Å². The Morgan fingerprint density at radius 2 is 2.00 bits per heavy atom. The molecule has 1 aromatic heterocycles. The number of nitrogens with one attached hydrogen (secondary N) is 1. The summed E-state index contributed by atoms with van der Waals surface area (Å²) in [6, 6.07) is 0. The van der Waals surface area contributed by atoms with Crippen molar-refractivity contribution in [2.75, 3.05) is 13.6 Å². The fourth-order valence-corrected chi connectivity index (χ4v) is 1.65. The predicted molar refractivity (Wildman–Crippen MR) is 66.5 cm³/mol. The van der Waals surface area contributed by atoms with Crippen molar-refractivity contribution in [2.45, 2.75) is 45.0 Å². The molecule has 0 aliphatic carbocycles. The molecule has 0 saturated carbocycles. The molecule has 1 heterocycles. The highest BCUT2D eigenvalue weighted by molar-refractivity contribution is 6.08. The summed E-state index contributed by atoms with van der Waals surface area (Å²) in [7, 11) is 7.46. The van der Waals surface area contributed by atoms with Gasteiger partial charge in [-0.3, -0.25) is 4.68 Å². The molecule has 0 aliphatic rings. The summed E-state index contributed by atoms with van der Waals surface area (Å²) in [6.45, 7) is 2.09. The van der Waals surface area contributed by atoms with Gasteiger partial charge in [-0.05, 0) is 32.8 Å². The van der Waals surface area contributed by atoms with Gasteiger partial charge in [-0.25, -0.2) is 0 Å². The first-order chi connectivity index (χ1) is 7.86. The van der Waals surface area contributed by atoms with E-state index in [1.165, 1.54) is 32.1 Å². The van der Waals surface area contributed by atoms with Crippen LogP contribution in [-0.2, 0) is 12.9 Å². The molecular weight excluding hydrogens is 199 g/mol. The van der Waals surface area contributed by atoms with E-state index in [9.17, 15) is 0 Å². The van der Waals surface area contributed by atoms with E-state index in [1.807, 2.05) is 17.9 Å². The molecule has 4 nitrogen and oxygen atoms in total. The summed E-state index contributed by atoms with van der Waals surface area (Å²) >= 11 is 0. The lowest BCUT2D eigenvalue weighted by Gasteiger charge is -2.01. The standard InChI is InChI=1S/C11H21BN4/c1-13-7-5-3-2-4-6-8-16-10-11(9-12)14-15-16/h10,13H,2-9H2,1H3. The van der Waals surface area contributed by atoms with Gasteiger partial charge in [0.15, 0.2) is 0 Å². The summed E-state index contributed by atoms with van der Waals surface area (Å²) in [5.74, 6) is 0. The summed E-state index contributed by atoms with van der Waals surface area (Å²) in [6.07, 6.45) is 8.74. The molecule has 2 radical (unpaired) electrons. The lowest BCUT2D eigenvalue weighted by atomic mass is 10.0. The highest BCUT2D eigenvalue weighted by Gasteiger charge is 1.97. The molecule has 0 fully saturated rings. The third kappa shape index (κ3) is 5.30. The molecule has 0 unspecified atom stereocenters. The van der Waals surface area contributed by atoms with Crippen molar-refractivity contribution in [3.63, 3.8) is 0 Å². The minimum absolute atomic E-state index is 0.476. The van der Waals surface area contributed by atoms with Crippen molar-refractivity contribution in [2.24, 2.45) is 0 Å². The van der Waals surface area contributed by atoms with Crippen LogP contribution in [0, 0.1) is 0 Å². The minimum atomic E-state index is 0.476. The maximum Gasteiger partial charge on any atom is 0.0741 e. The number of unbranched alkanes of at least 4 members (excludes halogenated alkanes) is 4. The highest BCUT2D eigenvalue weighted by Crippen LogP contribution is 2.04. The Kier molecular flexibility index (Phi) is 6.89. The fraction of sp³-hybridized carbons (Fsp3) is 0.818. The van der Waals surface area contributed by atoms with Gasteiger partial charge in [-0.1, -0.05) is 24.5 Å². The van der Waals surface area contributed by atoms with Gasteiger partial charge in [0.2, 0.25) is 0 Å². The Labute approximate surface area is 99.2 Å². The van der Waals surface area contributed by atoms with E-state index in [0.717, 1.165) is 18.8 Å². The van der Waals surface area contributed by atoms with E-state index in [2.05, 4.69) is 15.6 Å². The van der Waals surface area contributed by atoms with Crippen LogP contribution in [0.2, 0.25) is 0 Å². The third-order valence-electron chi connectivity index (χ3n) is 2.61. The third-order valence-corrected chi connectivity index (χ3v) is 2.61. The smallest absolute Gasteiger partial charge is 0.0741 e. The lowest BCUT2D eigenvalue weighted by Crippen LogP contribution is -2.07. The second kappa shape index (κ2) is 8.33. The molecule has 1 aromatic rings. The molecule has 1 rings (SSSR count). The molecule has 16 heavy (non-hydrogen) atoms. The van der Waals surface area contributed by atoms with Gasteiger partial charge in [0.1, 0.15) is 0 Å². The Bertz CT molecular complexity index is 275. The van der Waals surface area contributed by atoms with Crippen LogP contribution in [-0.4, -0.2) is 36.4 Å². The largest absolute Gasteiger partial charge is 0.320 e. The quantitative estimate of drug-likeness (QED) is 0.500. The van der Waals surface area contributed by atoms with Gasteiger partial charge >= 0.3 is 0 Å². The van der Waals surface area contributed by atoms with Crippen LogP contribution in [0.15, 0.2) is 6.20 Å². The van der Waals surface area contributed by atoms with Gasteiger partial charge in [0.05, 0.1) is 13.5 Å².